The van der Waals surface area contributed by atoms with Crippen molar-refractivity contribution in [1.82, 2.24) is 0 Å². The lowest BCUT2D eigenvalue weighted by atomic mass is 10.0. The number of hydrogen-bond donors (Lipinski definition) is 1. The molecule has 1 aromatic rings. The number of benzene rings is 1. The molecule has 0 bridgehead atoms. The molecular weight excluding hydrogens is 188 g/mol. The predicted octanol–water partition coefficient (Wildman–Crippen LogP) is 2.33. The quantitative estimate of drug-likeness (QED) is 0.819. The van der Waals surface area contributed by atoms with Gasteiger partial charge in [-0.25, -0.2) is 0 Å². The van der Waals surface area contributed by atoms with Crippen LogP contribution in [0.1, 0.15) is 30.9 Å². The van der Waals surface area contributed by atoms with Crippen molar-refractivity contribution < 1.29 is 9.84 Å². The third kappa shape index (κ3) is 2.72. The Balaban J connectivity index is 1.92. The van der Waals surface area contributed by atoms with Crippen molar-refractivity contribution in [2.45, 2.75) is 38.7 Å². The van der Waals surface area contributed by atoms with Crippen molar-refractivity contribution in [2.75, 3.05) is 6.61 Å². The smallest absolute Gasteiger partial charge is 0.122 e. The van der Waals surface area contributed by atoms with Gasteiger partial charge in [0.2, 0.25) is 0 Å². The van der Waals surface area contributed by atoms with Gasteiger partial charge < -0.3 is 9.84 Å². The van der Waals surface area contributed by atoms with Crippen LogP contribution in [-0.2, 0) is 12.8 Å². The molecule has 0 fully saturated rings. The normalized spacial score (nSPS) is 15.9. The van der Waals surface area contributed by atoms with Crippen LogP contribution in [0.25, 0.3) is 0 Å². The van der Waals surface area contributed by atoms with Crippen molar-refractivity contribution in [2.24, 2.45) is 0 Å². The summed E-state index contributed by atoms with van der Waals surface area (Å²) in [6.45, 7) is 2.67. The van der Waals surface area contributed by atoms with Gasteiger partial charge in [-0.3, -0.25) is 0 Å². The summed E-state index contributed by atoms with van der Waals surface area (Å²) in [6.07, 6.45) is 3.85. The van der Waals surface area contributed by atoms with Crippen LogP contribution in [-0.4, -0.2) is 17.8 Å². The van der Waals surface area contributed by atoms with Crippen LogP contribution in [0.15, 0.2) is 18.2 Å². The van der Waals surface area contributed by atoms with Gasteiger partial charge in [0, 0.05) is 6.42 Å². The Bertz CT molecular complexity index is 331. The molecule has 1 aliphatic rings. The molecule has 0 spiro atoms. The maximum atomic E-state index is 9.17. The van der Waals surface area contributed by atoms with Crippen LogP contribution >= 0.6 is 0 Å². The number of hydrogen-bond acceptors (Lipinski definition) is 2. The van der Waals surface area contributed by atoms with Crippen LogP contribution in [0.3, 0.4) is 0 Å². The monoisotopic (exact) mass is 206 g/mol. The molecule has 1 heterocycles. The van der Waals surface area contributed by atoms with Gasteiger partial charge >= 0.3 is 0 Å². The van der Waals surface area contributed by atoms with E-state index >= 15 is 0 Å². The fourth-order valence-corrected chi connectivity index (χ4v) is 2.00. The number of fused-ring (bicyclic) bond motifs is 1. The van der Waals surface area contributed by atoms with Gasteiger partial charge in [0.15, 0.2) is 0 Å². The van der Waals surface area contributed by atoms with Gasteiger partial charge in [0.25, 0.3) is 0 Å². The lowest BCUT2D eigenvalue weighted by molar-refractivity contribution is 0.182. The van der Waals surface area contributed by atoms with Gasteiger partial charge in [-0.1, -0.05) is 12.1 Å². The van der Waals surface area contributed by atoms with E-state index in [0.29, 0.717) is 0 Å². The summed E-state index contributed by atoms with van der Waals surface area (Å²) in [6, 6.07) is 6.44. The SMILES string of the molecule is C[C@@H](O)CCCc1ccc2c(c1)CCO2. The van der Waals surface area contributed by atoms with E-state index in [2.05, 4.69) is 18.2 Å². The topological polar surface area (TPSA) is 29.5 Å². The predicted molar refractivity (Wildman–Crippen MR) is 60.3 cm³/mol. The summed E-state index contributed by atoms with van der Waals surface area (Å²) >= 11 is 0. The molecule has 2 rings (SSSR count). The van der Waals surface area contributed by atoms with Gasteiger partial charge in [0.05, 0.1) is 12.7 Å². The average molecular weight is 206 g/mol. The maximum Gasteiger partial charge on any atom is 0.122 e. The second-order valence-corrected chi connectivity index (χ2v) is 4.28. The third-order valence-corrected chi connectivity index (χ3v) is 2.84. The lowest BCUT2D eigenvalue weighted by Gasteiger charge is -2.05. The summed E-state index contributed by atoms with van der Waals surface area (Å²) in [5, 5.41) is 9.17. The highest BCUT2D eigenvalue weighted by molar-refractivity contribution is 5.39. The minimum Gasteiger partial charge on any atom is -0.493 e. The van der Waals surface area contributed by atoms with E-state index < -0.39 is 0 Å². The van der Waals surface area contributed by atoms with E-state index in [1.165, 1.54) is 11.1 Å². The second-order valence-electron chi connectivity index (χ2n) is 4.28. The average Bonchev–Trinajstić information content (AvgIpc) is 2.64. The van der Waals surface area contributed by atoms with Gasteiger partial charge in [-0.05, 0) is 43.4 Å². The van der Waals surface area contributed by atoms with E-state index in [1.807, 2.05) is 6.92 Å². The highest BCUT2D eigenvalue weighted by Gasteiger charge is 2.11. The highest BCUT2D eigenvalue weighted by atomic mass is 16.5. The molecule has 1 atom stereocenters. The number of aliphatic hydroxyl groups is 1. The van der Waals surface area contributed by atoms with Crippen LogP contribution in [0.4, 0.5) is 0 Å². The molecule has 0 saturated heterocycles. The largest absolute Gasteiger partial charge is 0.493 e. The Morgan fingerprint density at radius 1 is 1.47 bits per heavy atom. The minimum atomic E-state index is -0.178. The molecule has 1 aromatic carbocycles. The molecule has 0 aliphatic carbocycles. The summed E-state index contributed by atoms with van der Waals surface area (Å²) in [4.78, 5) is 0. The fraction of sp³-hybridized carbons (Fsp3) is 0.538. The van der Waals surface area contributed by atoms with Gasteiger partial charge in [-0.15, -0.1) is 0 Å². The third-order valence-electron chi connectivity index (χ3n) is 2.84. The van der Waals surface area contributed by atoms with Crippen molar-refractivity contribution in [3.05, 3.63) is 29.3 Å². The van der Waals surface area contributed by atoms with Crippen molar-refractivity contribution in [3.63, 3.8) is 0 Å². The lowest BCUT2D eigenvalue weighted by Crippen LogP contribution is -1.99. The first kappa shape index (κ1) is 10.5. The summed E-state index contributed by atoms with van der Waals surface area (Å²) < 4.78 is 5.46. The van der Waals surface area contributed by atoms with Crippen LogP contribution in [0.2, 0.25) is 0 Å². The van der Waals surface area contributed by atoms with E-state index in [4.69, 9.17) is 9.84 Å². The van der Waals surface area contributed by atoms with E-state index in [1.54, 1.807) is 0 Å². The molecule has 2 nitrogen and oxygen atoms in total. The number of rotatable bonds is 4. The second kappa shape index (κ2) is 4.67. The molecule has 0 unspecified atom stereocenters. The molecule has 82 valence electrons. The van der Waals surface area contributed by atoms with E-state index in [0.717, 1.165) is 38.0 Å². The Hall–Kier alpha value is -1.02. The molecule has 0 saturated carbocycles. The molecule has 15 heavy (non-hydrogen) atoms. The standard InChI is InChI=1S/C13H18O2/c1-10(14)3-2-4-11-5-6-13-12(9-11)7-8-15-13/h5-6,9-10,14H,2-4,7-8H2,1H3/t10-/m1/s1. The van der Waals surface area contributed by atoms with Crippen LogP contribution in [0, 0.1) is 0 Å². The molecule has 1 N–H and O–H groups in total. The zero-order valence-electron chi connectivity index (χ0n) is 9.20. The number of aliphatic hydroxyl groups excluding tert-OH is 1. The maximum absolute atomic E-state index is 9.17. The molecular formula is C13H18O2. The number of aryl methyl sites for hydroxylation is 1. The zero-order chi connectivity index (χ0) is 10.7. The summed E-state index contributed by atoms with van der Waals surface area (Å²) in [5.74, 6) is 1.05. The Morgan fingerprint density at radius 3 is 3.13 bits per heavy atom. The fourth-order valence-electron chi connectivity index (χ4n) is 2.00. The van der Waals surface area contributed by atoms with Crippen molar-refractivity contribution in [1.29, 1.82) is 0 Å². The first-order valence-corrected chi connectivity index (χ1v) is 5.68. The molecule has 1 aliphatic heterocycles. The molecule has 0 radical (unpaired) electrons. The van der Waals surface area contributed by atoms with Gasteiger partial charge in [0.1, 0.15) is 5.75 Å². The minimum absolute atomic E-state index is 0.178. The highest BCUT2D eigenvalue weighted by Crippen LogP contribution is 2.26. The van der Waals surface area contributed by atoms with Crippen LogP contribution in [0.5, 0.6) is 5.75 Å². The Labute approximate surface area is 90.9 Å². The molecule has 2 heteroatoms. The van der Waals surface area contributed by atoms with Crippen molar-refractivity contribution in [3.8, 4) is 5.75 Å². The van der Waals surface area contributed by atoms with Crippen LogP contribution < -0.4 is 4.74 Å². The van der Waals surface area contributed by atoms with Crippen molar-refractivity contribution >= 4 is 0 Å². The number of ether oxygens (including phenoxy) is 1. The zero-order valence-corrected chi connectivity index (χ0v) is 9.20. The molecule has 0 amide bonds. The first-order valence-electron chi connectivity index (χ1n) is 5.68. The Kier molecular flexibility index (Phi) is 3.27. The molecule has 0 aromatic heterocycles. The Morgan fingerprint density at radius 2 is 2.33 bits per heavy atom. The summed E-state index contributed by atoms with van der Waals surface area (Å²) in [7, 11) is 0. The summed E-state index contributed by atoms with van der Waals surface area (Å²) in [5.41, 5.74) is 2.70. The van der Waals surface area contributed by atoms with E-state index in [9.17, 15) is 0 Å². The van der Waals surface area contributed by atoms with E-state index in [-0.39, 0.29) is 6.10 Å². The first-order chi connectivity index (χ1) is 7.25. The van der Waals surface area contributed by atoms with Gasteiger partial charge in [-0.2, -0.15) is 0 Å².